The Balaban J connectivity index is 1.80. The first kappa shape index (κ1) is 12.1. The van der Waals surface area contributed by atoms with E-state index < -0.39 is 0 Å². The van der Waals surface area contributed by atoms with Crippen molar-refractivity contribution in [2.45, 2.75) is 6.92 Å². The number of hydrogen-bond acceptors (Lipinski definition) is 4. The maximum Gasteiger partial charge on any atom is 0.279 e. The number of benzene rings is 1. The van der Waals surface area contributed by atoms with Crippen molar-refractivity contribution in [1.29, 1.82) is 0 Å². The van der Waals surface area contributed by atoms with E-state index in [1.54, 1.807) is 6.20 Å². The molecule has 0 aliphatic heterocycles. The lowest BCUT2D eigenvalue weighted by molar-refractivity contribution is 0.102. The zero-order valence-electron chi connectivity index (χ0n) is 10.7. The molecule has 2 heterocycles. The van der Waals surface area contributed by atoms with Gasteiger partial charge in [0.05, 0.1) is 18.1 Å². The Bertz CT molecular complexity index is 730. The van der Waals surface area contributed by atoms with Crippen LogP contribution in [0.25, 0.3) is 5.69 Å². The molecule has 0 bridgehead atoms. The Morgan fingerprint density at radius 3 is 2.75 bits per heavy atom. The van der Waals surface area contributed by atoms with Gasteiger partial charge in [-0.1, -0.05) is 18.2 Å². The third-order valence-corrected chi connectivity index (χ3v) is 2.78. The van der Waals surface area contributed by atoms with Crippen LogP contribution in [0.1, 0.15) is 16.1 Å². The average molecular weight is 268 g/mol. The van der Waals surface area contributed by atoms with Crippen LogP contribution in [0.2, 0.25) is 0 Å². The van der Waals surface area contributed by atoms with E-state index in [1.807, 2.05) is 37.3 Å². The molecule has 0 unspecified atom stereocenters. The van der Waals surface area contributed by atoms with Crippen molar-refractivity contribution in [3.63, 3.8) is 0 Å². The number of rotatable bonds is 3. The number of H-pyrrole nitrogens is 1. The SMILES string of the molecule is Cc1cn[nH]c1NC(=O)c1cnn(-c2ccccc2)n1. The molecule has 0 saturated heterocycles. The van der Waals surface area contributed by atoms with Crippen molar-refractivity contribution in [1.82, 2.24) is 25.2 Å². The number of anilines is 1. The Morgan fingerprint density at radius 1 is 1.25 bits per heavy atom. The second-order valence-electron chi connectivity index (χ2n) is 4.24. The highest BCUT2D eigenvalue weighted by Crippen LogP contribution is 2.10. The Kier molecular flexibility index (Phi) is 3.00. The largest absolute Gasteiger partial charge is 0.305 e. The van der Waals surface area contributed by atoms with Crippen molar-refractivity contribution in [3.05, 3.63) is 54.0 Å². The Hall–Kier alpha value is -2.96. The summed E-state index contributed by atoms with van der Waals surface area (Å²) in [6, 6.07) is 9.39. The van der Waals surface area contributed by atoms with Crippen molar-refractivity contribution < 1.29 is 4.79 Å². The van der Waals surface area contributed by atoms with Crippen LogP contribution in [0.3, 0.4) is 0 Å². The number of para-hydroxylation sites is 1. The maximum atomic E-state index is 12.0. The van der Waals surface area contributed by atoms with E-state index in [2.05, 4.69) is 25.7 Å². The van der Waals surface area contributed by atoms with Crippen molar-refractivity contribution in [2.75, 3.05) is 5.32 Å². The first-order chi connectivity index (χ1) is 9.74. The molecule has 0 aliphatic carbocycles. The minimum Gasteiger partial charge on any atom is -0.305 e. The van der Waals surface area contributed by atoms with Gasteiger partial charge >= 0.3 is 0 Å². The van der Waals surface area contributed by atoms with Crippen LogP contribution >= 0.6 is 0 Å². The summed E-state index contributed by atoms with van der Waals surface area (Å²) in [5.74, 6) is 0.226. The number of nitrogens with zero attached hydrogens (tertiary/aromatic N) is 4. The summed E-state index contributed by atoms with van der Waals surface area (Å²) >= 11 is 0. The smallest absolute Gasteiger partial charge is 0.279 e. The van der Waals surface area contributed by atoms with E-state index in [9.17, 15) is 4.79 Å². The average Bonchev–Trinajstić information content (AvgIpc) is 3.10. The third kappa shape index (κ3) is 2.28. The van der Waals surface area contributed by atoms with Crippen molar-refractivity contribution in [3.8, 4) is 5.69 Å². The number of aromatic amines is 1. The molecule has 0 fully saturated rings. The molecule has 0 aliphatic rings. The molecular weight excluding hydrogens is 256 g/mol. The molecule has 2 N–H and O–H groups in total. The van der Waals surface area contributed by atoms with Crippen LogP contribution in [-0.2, 0) is 0 Å². The lowest BCUT2D eigenvalue weighted by atomic mass is 10.3. The summed E-state index contributed by atoms with van der Waals surface area (Å²) < 4.78 is 0. The quantitative estimate of drug-likeness (QED) is 0.754. The topological polar surface area (TPSA) is 88.5 Å². The summed E-state index contributed by atoms with van der Waals surface area (Å²) in [6.07, 6.45) is 3.06. The number of carbonyl (C=O) groups excluding carboxylic acids is 1. The minimum absolute atomic E-state index is 0.239. The monoisotopic (exact) mass is 268 g/mol. The lowest BCUT2D eigenvalue weighted by Crippen LogP contribution is -2.14. The normalized spacial score (nSPS) is 10.4. The zero-order valence-corrected chi connectivity index (χ0v) is 10.7. The van der Waals surface area contributed by atoms with E-state index in [0.717, 1.165) is 11.3 Å². The Labute approximate surface area is 114 Å². The highest BCUT2D eigenvalue weighted by molar-refractivity contribution is 6.02. The molecule has 0 atom stereocenters. The molecule has 3 rings (SSSR count). The van der Waals surface area contributed by atoms with Gasteiger partial charge in [-0.25, -0.2) is 0 Å². The summed E-state index contributed by atoms with van der Waals surface area (Å²) in [5, 5.41) is 17.5. The maximum absolute atomic E-state index is 12.0. The van der Waals surface area contributed by atoms with Crippen LogP contribution in [-0.4, -0.2) is 31.1 Å². The summed E-state index contributed by atoms with van der Waals surface area (Å²) in [6.45, 7) is 1.85. The summed E-state index contributed by atoms with van der Waals surface area (Å²) in [5.41, 5.74) is 1.89. The molecule has 20 heavy (non-hydrogen) atoms. The number of amides is 1. The van der Waals surface area contributed by atoms with Gasteiger partial charge in [0, 0.05) is 5.56 Å². The van der Waals surface area contributed by atoms with Crippen molar-refractivity contribution >= 4 is 11.7 Å². The molecule has 3 aromatic rings. The van der Waals surface area contributed by atoms with Gasteiger partial charge in [-0.3, -0.25) is 9.89 Å². The van der Waals surface area contributed by atoms with E-state index >= 15 is 0 Å². The van der Waals surface area contributed by atoms with E-state index in [0.29, 0.717) is 5.82 Å². The van der Waals surface area contributed by atoms with Gasteiger partial charge in [0.2, 0.25) is 0 Å². The zero-order chi connectivity index (χ0) is 13.9. The van der Waals surface area contributed by atoms with Gasteiger partial charge in [0.25, 0.3) is 5.91 Å². The van der Waals surface area contributed by atoms with Gasteiger partial charge in [-0.2, -0.15) is 15.0 Å². The second-order valence-corrected chi connectivity index (χ2v) is 4.24. The van der Waals surface area contributed by atoms with E-state index in [1.165, 1.54) is 11.0 Å². The second kappa shape index (κ2) is 4.96. The highest BCUT2D eigenvalue weighted by Gasteiger charge is 2.13. The molecule has 1 amide bonds. The third-order valence-electron chi connectivity index (χ3n) is 2.78. The Morgan fingerprint density at radius 2 is 2.05 bits per heavy atom. The fraction of sp³-hybridized carbons (Fsp3) is 0.0769. The molecule has 0 radical (unpaired) electrons. The van der Waals surface area contributed by atoms with Gasteiger partial charge in [0.1, 0.15) is 5.82 Å². The predicted molar refractivity (Wildman–Crippen MR) is 72.6 cm³/mol. The van der Waals surface area contributed by atoms with Crippen molar-refractivity contribution in [2.24, 2.45) is 0 Å². The molecule has 2 aromatic heterocycles. The predicted octanol–water partition coefficient (Wildman–Crippen LogP) is 1.55. The van der Waals surface area contributed by atoms with Crippen LogP contribution < -0.4 is 5.32 Å². The molecular formula is C13H12N6O. The van der Waals surface area contributed by atoms with Crippen LogP contribution in [0.5, 0.6) is 0 Å². The fourth-order valence-corrected chi connectivity index (χ4v) is 1.70. The van der Waals surface area contributed by atoms with Crippen LogP contribution in [0.15, 0.2) is 42.7 Å². The number of aryl methyl sites for hydroxylation is 1. The number of nitrogens with one attached hydrogen (secondary N) is 2. The molecule has 7 heteroatoms. The number of hydrogen-bond donors (Lipinski definition) is 2. The van der Waals surface area contributed by atoms with Gasteiger partial charge < -0.3 is 5.32 Å². The number of carbonyl (C=O) groups is 1. The van der Waals surface area contributed by atoms with Gasteiger partial charge in [0.15, 0.2) is 5.69 Å². The minimum atomic E-state index is -0.334. The van der Waals surface area contributed by atoms with E-state index in [4.69, 9.17) is 0 Å². The van der Waals surface area contributed by atoms with E-state index in [-0.39, 0.29) is 11.6 Å². The molecule has 100 valence electrons. The van der Waals surface area contributed by atoms with Crippen LogP contribution in [0, 0.1) is 6.92 Å². The fourth-order valence-electron chi connectivity index (χ4n) is 1.70. The molecule has 0 spiro atoms. The highest BCUT2D eigenvalue weighted by atomic mass is 16.2. The standard InChI is InChI=1S/C13H12N6O/c1-9-7-14-17-12(9)16-13(20)11-8-15-19(18-11)10-5-3-2-4-6-10/h2-8H,1H3,(H2,14,16,17,20). The first-order valence-electron chi connectivity index (χ1n) is 6.03. The van der Waals surface area contributed by atoms with Crippen LogP contribution in [0.4, 0.5) is 5.82 Å². The van der Waals surface area contributed by atoms with Gasteiger partial charge in [-0.05, 0) is 19.1 Å². The molecule has 7 nitrogen and oxygen atoms in total. The number of aromatic nitrogens is 5. The van der Waals surface area contributed by atoms with Gasteiger partial charge in [-0.15, -0.1) is 5.10 Å². The first-order valence-corrected chi connectivity index (χ1v) is 6.03. The molecule has 0 saturated carbocycles. The molecule has 1 aromatic carbocycles. The summed E-state index contributed by atoms with van der Waals surface area (Å²) in [7, 11) is 0. The lowest BCUT2D eigenvalue weighted by Gasteiger charge is -2.00. The summed E-state index contributed by atoms with van der Waals surface area (Å²) in [4.78, 5) is 13.4.